The van der Waals surface area contributed by atoms with Crippen molar-refractivity contribution in [1.82, 2.24) is 4.90 Å². The summed E-state index contributed by atoms with van der Waals surface area (Å²) >= 11 is 0. The number of nitrogen functional groups attached to an aromatic ring is 1. The van der Waals surface area contributed by atoms with Gasteiger partial charge in [-0.3, -0.25) is 4.79 Å². The number of benzene rings is 2. The molecule has 1 heterocycles. The summed E-state index contributed by atoms with van der Waals surface area (Å²) in [6.07, 6.45) is 2.55. The molecule has 3 rings (SSSR count). The Balaban J connectivity index is 1.72. The van der Waals surface area contributed by atoms with Crippen LogP contribution in [0.15, 0.2) is 60.3 Å². The number of carbonyl (C=O) groups is 1. The van der Waals surface area contributed by atoms with E-state index in [4.69, 9.17) is 5.73 Å². The highest BCUT2D eigenvalue weighted by molar-refractivity contribution is 6.06. The highest BCUT2D eigenvalue weighted by atomic mass is 16.1. The van der Waals surface area contributed by atoms with Gasteiger partial charge in [0.25, 0.3) is 5.91 Å². The molecule has 0 aliphatic carbocycles. The van der Waals surface area contributed by atoms with Crippen LogP contribution in [0.1, 0.15) is 11.1 Å². The monoisotopic (exact) mass is 318 g/mol. The first-order valence-corrected chi connectivity index (χ1v) is 7.75. The Morgan fingerprint density at radius 1 is 1.17 bits per heavy atom. The summed E-state index contributed by atoms with van der Waals surface area (Å²) < 4.78 is 0. The zero-order chi connectivity index (χ0) is 16.9. The van der Waals surface area contributed by atoms with E-state index >= 15 is 0 Å². The lowest BCUT2D eigenvalue weighted by atomic mass is 10.0. The molecule has 0 bridgehead atoms. The van der Waals surface area contributed by atoms with Crippen molar-refractivity contribution >= 4 is 17.3 Å². The number of anilines is 2. The molecule has 2 aromatic carbocycles. The number of fused-ring (bicyclic) bond motifs is 1. The number of nitrogens with zero attached hydrogens (tertiary/aromatic N) is 2. The van der Waals surface area contributed by atoms with Gasteiger partial charge < -0.3 is 16.0 Å². The highest BCUT2D eigenvalue weighted by Crippen LogP contribution is 2.19. The van der Waals surface area contributed by atoms with Crippen LogP contribution in [0.5, 0.6) is 0 Å². The Hall–Kier alpha value is -3.26. The number of nitrogens with one attached hydrogen (secondary N) is 1. The Kier molecular flexibility index (Phi) is 4.48. The van der Waals surface area contributed by atoms with Crippen molar-refractivity contribution in [3.05, 3.63) is 71.4 Å². The fourth-order valence-corrected chi connectivity index (χ4v) is 2.71. The smallest absolute Gasteiger partial charge is 0.267 e. The Labute approximate surface area is 141 Å². The minimum absolute atomic E-state index is 0.0891. The summed E-state index contributed by atoms with van der Waals surface area (Å²) in [5.41, 5.74) is 9.50. The number of carbonyl (C=O) groups excluding carboxylic acids is 1. The molecule has 0 fully saturated rings. The number of amides is 1. The first kappa shape index (κ1) is 15.6. The minimum Gasteiger partial charge on any atom is -0.399 e. The maximum absolute atomic E-state index is 12.3. The number of hydrogen-bond donors (Lipinski definition) is 2. The third kappa shape index (κ3) is 3.55. The van der Waals surface area contributed by atoms with Crippen molar-refractivity contribution in [2.45, 2.75) is 13.0 Å². The molecule has 0 saturated carbocycles. The predicted octanol–water partition coefficient (Wildman–Crippen LogP) is 2.67. The van der Waals surface area contributed by atoms with Crippen LogP contribution in [0.3, 0.4) is 0 Å². The number of rotatable bonds is 3. The molecule has 0 aromatic heterocycles. The zero-order valence-corrected chi connectivity index (χ0v) is 13.2. The van der Waals surface area contributed by atoms with E-state index in [9.17, 15) is 10.1 Å². The second-order valence-electron chi connectivity index (χ2n) is 5.72. The molecule has 0 radical (unpaired) electrons. The van der Waals surface area contributed by atoms with Crippen molar-refractivity contribution in [2.75, 3.05) is 17.6 Å². The first-order chi connectivity index (χ1) is 11.7. The van der Waals surface area contributed by atoms with E-state index in [1.165, 1.54) is 11.1 Å². The van der Waals surface area contributed by atoms with Gasteiger partial charge in [0.15, 0.2) is 0 Å². The van der Waals surface area contributed by atoms with Gasteiger partial charge in [-0.1, -0.05) is 24.3 Å². The largest absolute Gasteiger partial charge is 0.399 e. The molecule has 1 aliphatic heterocycles. The second kappa shape index (κ2) is 6.88. The average molecular weight is 318 g/mol. The van der Waals surface area contributed by atoms with Crippen LogP contribution >= 0.6 is 0 Å². The lowest BCUT2D eigenvalue weighted by Crippen LogP contribution is -2.27. The standard InChI is InChI=1S/C19H18N4O/c20-11-16(19(24)22-18-7-5-17(21)6-8-18)13-23-10-9-14-3-1-2-4-15(14)12-23/h1-8,13H,9-10,12,21H2,(H,22,24)/b16-13-. The molecule has 24 heavy (non-hydrogen) atoms. The van der Waals surface area contributed by atoms with E-state index in [2.05, 4.69) is 17.4 Å². The van der Waals surface area contributed by atoms with Gasteiger partial charge in [-0.15, -0.1) is 0 Å². The lowest BCUT2D eigenvalue weighted by molar-refractivity contribution is -0.112. The summed E-state index contributed by atoms with van der Waals surface area (Å²) in [5, 5.41) is 12.0. The summed E-state index contributed by atoms with van der Waals surface area (Å²) in [7, 11) is 0. The van der Waals surface area contributed by atoms with Crippen LogP contribution in [0.4, 0.5) is 11.4 Å². The summed E-state index contributed by atoms with van der Waals surface area (Å²) in [5.74, 6) is -0.416. The molecule has 2 aromatic rings. The molecule has 0 unspecified atom stereocenters. The third-order valence-corrected chi connectivity index (χ3v) is 4.01. The SMILES string of the molecule is N#C/C(=C/N1CCc2ccccc2C1)C(=O)Nc1ccc(N)cc1. The van der Waals surface area contributed by atoms with E-state index in [0.717, 1.165) is 13.0 Å². The molecule has 3 N–H and O–H groups in total. The Morgan fingerprint density at radius 3 is 2.58 bits per heavy atom. The molecular formula is C19H18N4O. The van der Waals surface area contributed by atoms with Gasteiger partial charge >= 0.3 is 0 Å². The van der Waals surface area contributed by atoms with E-state index < -0.39 is 5.91 Å². The van der Waals surface area contributed by atoms with Crippen molar-refractivity contribution in [2.24, 2.45) is 0 Å². The van der Waals surface area contributed by atoms with E-state index in [-0.39, 0.29) is 5.57 Å². The van der Waals surface area contributed by atoms with E-state index in [0.29, 0.717) is 17.9 Å². The minimum atomic E-state index is -0.416. The first-order valence-electron chi connectivity index (χ1n) is 7.75. The van der Waals surface area contributed by atoms with Crippen LogP contribution in [-0.2, 0) is 17.8 Å². The number of nitriles is 1. The van der Waals surface area contributed by atoms with Crippen LogP contribution in [-0.4, -0.2) is 17.4 Å². The van der Waals surface area contributed by atoms with Gasteiger partial charge in [-0.05, 0) is 41.8 Å². The van der Waals surface area contributed by atoms with E-state index in [1.807, 2.05) is 23.1 Å². The van der Waals surface area contributed by atoms with Crippen molar-refractivity contribution < 1.29 is 4.79 Å². The van der Waals surface area contributed by atoms with Gasteiger partial charge in [0.1, 0.15) is 11.6 Å². The van der Waals surface area contributed by atoms with Gasteiger partial charge in [0.2, 0.25) is 0 Å². The summed E-state index contributed by atoms with van der Waals surface area (Å²) in [6.45, 7) is 1.49. The van der Waals surface area contributed by atoms with Gasteiger partial charge in [-0.25, -0.2) is 0 Å². The number of nitrogens with two attached hydrogens (primary N) is 1. The normalized spacial score (nSPS) is 13.8. The quantitative estimate of drug-likeness (QED) is 0.518. The molecule has 1 aliphatic rings. The Morgan fingerprint density at radius 2 is 1.88 bits per heavy atom. The maximum atomic E-state index is 12.3. The van der Waals surface area contributed by atoms with Gasteiger partial charge in [0, 0.05) is 30.7 Å². The fourth-order valence-electron chi connectivity index (χ4n) is 2.71. The molecule has 120 valence electrons. The predicted molar refractivity (Wildman–Crippen MR) is 93.7 cm³/mol. The highest BCUT2D eigenvalue weighted by Gasteiger charge is 2.16. The lowest BCUT2D eigenvalue weighted by Gasteiger charge is -2.27. The van der Waals surface area contributed by atoms with Crippen LogP contribution in [0, 0.1) is 11.3 Å². The van der Waals surface area contributed by atoms with E-state index in [1.54, 1.807) is 30.5 Å². The van der Waals surface area contributed by atoms with Crippen molar-refractivity contribution in [3.8, 4) is 6.07 Å². The molecule has 0 atom stereocenters. The van der Waals surface area contributed by atoms with Gasteiger partial charge in [0.05, 0.1) is 0 Å². The summed E-state index contributed by atoms with van der Waals surface area (Å²) in [4.78, 5) is 14.3. The maximum Gasteiger partial charge on any atom is 0.267 e. The molecule has 1 amide bonds. The number of hydrogen-bond acceptors (Lipinski definition) is 4. The molecule has 5 nitrogen and oxygen atoms in total. The average Bonchev–Trinajstić information content (AvgIpc) is 2.61. The van der Waals surface area contributed by atoms with Crippen LogP contribution in [0.2, 0.25) is 0 Å². The fraction of sp³-hybridized carbons (Fsp3) is 0.158. The summed E-state index contributed by atoms with van der Waals surface area (Å²) in [6, 6.07) is 17.0. The van der Waals surface area contributed by atoms with Gasteiger partial charge in [-0.2, -0.15) is 5.26 Å². The topological polar surface area (TPSA) is 82.2 Å². The van der Waals surface area contributed by atoms with Crippen LogP contribution < -0.4 is 11.1 Å². The zero-order valence-electron chi connectivity index (χ0n) is 13.2. The van der Waals surface area contributed by atoms with Crippen molar-refractivity contribution in [1.29, 1.82) is 5.26 Å². The Bertz CT molecular complexity index is 818. The van der Waals surface area contributed by atoms with Crippen LogP contribution in [0.25, 0.3) is 0 Å². The molecule has 5 heteroatoms. The second-order valence-corrected chi connectivity index (χ2v) is 5.72. The third-order valence-electron chi connectivity index (χ3n) is 4.01. The molecule has 0 spiro atoms. The molecular weight excluding hydrogens is 300 g/mol. The molecule has 0 saturated heterocycles. The van der Waals surface area contributed by atoms with Crippen molar-refractivity contribution in [3.63, 3.8) is 0 Å².